The molecule has 2 aromatic rings. The van der Waals surface area contributed by atoms with Gasteiger partial charge < -0.3 is 5.32 Å². The number of hydrogen-bond donors (Lipinski definition) is 1. The molecule has 1 nitrogen and oxygen atoms in total. The second-order valence-corrected chi connectivity index (χ2v) is 5.99. The summed E-state index contributed by atoms with van der Waals surface area (Å²) in [6.45, 7) is 2.67. The van der Waals surface area contributed by atoms with Crippen LogP contribution in [0.4, 0.5) is 10.1 Å². The summed E-state index contributed by atoms with van der Waals surface area (Å²) in [4.78, 5) is 0. The lowest BCUT2D eigenvalue weighted by Gasteiger charge is -2.10. The molecule has 0 saturated heterocycles. The Morgan fingerprint density at radius 3 is 2.78 bits per heavy atom. The quantitative estimate of drug-likeness (QED) is 0.681. The van der Waals surface area contributed by atoms with Crippen molar-refractivity contribution in [3.05, 3.63) is 61.4 Å². The second kappa shape index (κ2) is 6.02. The van der Waals surface area contributed by atoms with Gasteiger partial charge in [0.25, 0.3) is 0 Å². The molecule has 0 aromatic heterocycles. The summed E-state index contributed by atoms with van der Waals surface area (Å²) in [6.07, 6.45) is 0. The zero-order chi connectivity index (χ0) is 13.1. The van der Waals surface area contributed by atoms with Crippen LogP contribution >= 0.6 is 38.5 Å². The number of anilines is 1. The highest BCUT2D eigenvalue weighted by Gasteiger charge is 2.05. The Kier molecular flexibility index (Phi) is 4.61. The molecule has 0 aliphatic heterocycles. The number of nitrogens with one attached hydrogen (secondary N) is 1. The predicted octanol–water partition coefficient (Wildman–Crippen LogP) is 5.11. The highest BCUT2D eigenvalue weighted by atomic mass is 127. The molecule has 0 spiro atoms. The van der Waals surface area contributed by atoms with E-state index in [9.17, 15) is 4.39 Å². The molecule has 0 fully saturated rings. The fourth-order valence-corrected chi connectivity index (χ4v) is 2.50. The van der Waals surface area contributed by atoms with E-state index in [4.69, 9.17) is 0 Å². The number of hydrogen-bond acceptors (Lipinski definition) is 1. The van der Waals surface area contributed by atoms with Crippen LogP contribution in [0.15, 0.2) is 40.9 Å². The van der Waals surface area contributed by atoms with Gasteiger partial charge in [-0.25, -0.2) is 4.39 Å². The third kappa shape index (κ3) is 3.23. The van der Waals surface area contributed by atoms with Gasteiger partial charge in [0, 0.05) is 15.8 Å². The van der Waals surface area contributed by atoms with Crippen molar-refractivity contribution in [2.75, 3.05) is 5.32 Å². The summed E-state index contributed by atoms with van der Waals surface area (Å²) in [6, 6.07) is 11.3. The maximum Gasteiger partial charge on any atom is 0.137 e. The van der Waals surface area contributed by atoms with E-state index in [-0.39, 0.29) is 5.82 Å². The highest BCUT2D eigenvalue weighted by molar-refractivity contribution is 14.1. The smallest absolute Gasteiger partial charge is 0.137 e. The van der Waals surface area contributed by atoms with E-state index in [0.717, 1.165) is 11.3 Å². The van der Waals surface area contributed by atoms with Crippen molar-refractivity contribution in [1.82, 2.24) is 0 Å². The van der Waals surface area contributed by atoms with Crippen LogP contribution in [-0.2, 0) is 6.54 Å². The second-order valence-electron chi connectivity index (χ2n) is 4.03. The molecule has 2 aromatic carbocycles. The van der Waals surface area contributed by atoms with Crippen LogP contribution < -0.4 is 5.32 Å². The maximum atomic E-state index is 13.3. The van der Waals surface area contributed by atoms with Crippen LogP contribution in [0.2, 0.25) is 0 Å². The molecular weight excluding hydrogens is 408 g/mol. The largest absolute Gasteiger partial charge is 0.381 e. The van der Waals surface area contributed by atoms with Crippen LogP contribution in [0.25, 0.3) is 0 Å². The molecule has 18 heavy (non-hydrogen) atoms. The Hall–Kier alpha value is -0.620. The SMILES string of the molecule is Cc1ccc(NCc2cccc(F)c2Br)cc1I. The van der Waals surface area contributed by atoms with Crippen LogP contribution in [0.5, 0.6) is 0 Å². The van der Waals surface area contributed by atoms with E-state index in [0.29, 0.717) is 11.0 Å². The minimum Gasteiger partial charge on any atom is -0.381 e. The summed E-state index contributed by atoms with van der Waals surface area (Å²) < 4.78 is 15.1. The summed E-state index contributed by atoms with van der Waals surface area (Å²) in [5.41, 5.74) is 3.21. The van der Waals surface area contributed by atoms with Gasteiger partial charge in [-0.3, -0.25) is 0 Å². The maximum absolute atomic E-state index is 13.3. The molecule has 0 saturated carbocycles. The van der Waals surface area contributed by atoms with E-state index in [1.54, 1.807) is 6.07 Å². The Morgan fingerprint density at radius 2 is 2.06 bits per heavy atom. The topological polar surface area (TPSA) is 12.0 Å². The van der Waals surface area contributed by atoms with Crippen LogP contribution in [0.3, 0.4) is 0 Å². The zero-order valence-corrected chi connectivity index (χ0v) is 13.5. The van der Waals surface area contributed by atoms with Gasteiger partial charge in [0.05, 0.1) is 4.47 Å². The van der Waals surface area contributed by atoms with Gasteiger partial charge in [0.2, 0.25) is 0 Å². The molecule has 0 unspecified atom stereocenters. The van der Waals surface area contributed by atoms with Gasteiger partial charge >= 0.3 is 0 Å². The van der Waals surface area contributed by atoms with Gasteiger partial charge in [-0.1, -0.05) is 18.2 Å². The number of rotatable bonds is 3. The monoisotopic (exact) mass is 419 g/mol. The standard InChI is InChI=1S/C14H12BrFIN/c1-9-5-6-11(7-13(9)17)18-8-10-3-2-4-12(16)14(10)15/h2-7,18H,8H2,1H3. The van der Waals surface area contributed by atoms with Gasteiger partial charge in [-0.05, 0) is 74.8 Å². The Balaban J connectivity index is 2.11. The minimum atomic E-state index is -0.229. The number of benzene rings is 2. The fraction of sp³-hybridized carbons (Fsp3) is 0.143. The first kappa shape index (κ1) is 13.8. The van der Waals surface area contributed by atoms with Crippen molar-refractivity contribution < 1.29 is 4.39 Å². The van der Waals surface area contributed by atoms with E-state index in [1.807, 2.05) is 12.1 Å². The van der Waals surface area contributed by atoms with Crippen molar-refractivity contribution in [3.63, 3.8) is 0 Å². The molecule has 0 bridgehead atoms. The Morgan fingerprint density at radius 1 is 1.28 bits per heavy atom. The number of halogens is 3. The van der Waals surface area contributed by atoms with Crippen molar-refractivity contribution in [1.29, 1.82) is 0 Å². The predicted molar refractivity (Wildman–Crippen MR) is 85.3 cm³/mol. The van der Waals surface area contributed by atoms with Crippen molar-refractivity contribution in [3.8, 4) is 0 Å². The van der Waals surface area contributed by atoms with Crippen molar-refractivity contribution >= 4 is 44.2 Å². The normalized spacial score (nSPS) is 10.4. The molecule has 0 heterocycles. The first-order valence-electron chi connectivity index (χ1n) is 5.51. The summed E-state index contributed by atoms with van der Waals surface area (Å²) in [5, 5.41) is 3.30. The van der Waals surface area contributed by atoms with Gasteiger partial charge in [-0.15, -0.1) is 0 Å². The lowest BCUT2D eigenvalue weighted by molar-refractivity contribution is 0.618. The molecule has 0 aliphatic rings. The van der Waals surface area contributed by atoms with Gasteiger partial charge in [-0.2, -0.15) is 0 Å². The molecule has 0 amide bonds. The molecular formula is C14H12BrFIN. The summed E-state index contributed by atoms with van der Waals surface area (Å²) >= 11 is 5.57. The van der Waals surface area contributed by atoms with Crippen molar-refractivity contribution in [2.45, 2.75) is 13.5 Å². The molecule has 1 N–H and O–H groups in total. The molecule has 0 atom stereocenters. The fourth-order valence-electron chi connectivity index (χ4n) is 1.59. The third-order valence-corrected chi connectivity index (χ3v) is 4.74. The molecule has 0 radical (unpaired) electrons. The molecule has 94 valence electrons. The summed E-state index contributed by atoms with van der Waals surface area (Å²) in [5.74, 6) is -0.229. The molecule has 0 aliphatic carbocycles. The molecule has 2 rings (SSSR count). The van der Waals surface area contributed by atoms with Crippen LogP contribution in [-0.4, -0.2) is 0 Å². The average molecular weight is 420 g/mol. The van der Waals surface area contributed by atoms with Crippen LogP contribution in [0, 0.1) is 16.3 Å². The average Bonchev–Trinajstić information content (AvgIpc) is 2.35. The lowest BCUT2D eigenvalue weighted by Crippen LogP contribution is -2.01. The highest BCUT2D eigenvalue weighted by Crippen LogP contribution is 2.22. The Labute approximate surface area is 128 Å². The number of aryl methyl sites for hydroxylation is 1. The third-order valence-electron chi connectivity index (χ3n) is 2.69. The zero-order valence-electron chi connectivity index (χ0n) is 9.81. The van der Waals surface area contributed by atoms with Crippen molar-refractivity contribution in [2.24, 2.45) is 0 Å². The lowest BCUT2D eigenvalue weighted by atomic mass is 10.2. The van der Waals surface area contributed by atoms with Crippen LogP contribution in [0.1, 0.15) is 11.1 Å². The van der Waals surface area contributed by atoms with E-state index >= 15 is 0 Å². The van der Waals surface area contributed by atoms with E-state index < -0.39 is 0 Å². The Bertz CT molecular complexity index is 572. The van der Waals surface area contributed by atoms with E-state index in [1.165, 1.54) is 15.2 Å². The minimum absolute atomic E-state index is 0.229. The first-order valence-corrected chi connectivity index (χ1v) is 7.38. The summed E-state index contributed by atoms with van der Waals surface area (Å²) in [7, 11) is 0. The van der Waals surface area contributed by atoms with E-state index in [2.05, 4.69) is 62.9 Å². The van der Waals surface area contributed by atoms with Gasteiger partial charge in [0.15, 0.2) is 0 Å². The molecule has 4 heteroatoms. The van der Waals surface area contributed by atoms with Gasteiger partial charge in [0.1, 0.15) is 5.82 Å². The first-order chi connectivity index (χ1) is 8.58.